The van der Waals surface area contributed by atoms with Gasteiger partial charge in [-0.3, -0.25) is 4.79 Å². The third kappa shape index (κ3) is 1.48. The lowest BCUT2D eigenvalue weighted by Gasteiger charge is -2.48. The van der Waals surface area contributed by atoms with E-state index in [9.17, 15) is 4.79 Å². The molecule has 2 N–H and O–H groups in total. The van der Waals surface area contributed by atoms with E-state index in [0.717, 1.165) is 31.4 Å². The summed E-state index contributed by atoms with van der Waals surface area (Å²) in [6, 6.07) is 6.41. The monoisotopic (exact) mass is 269 g/mol. The molecule has 0 saturated heterocycles. The van der Waals surface area contributed by atoms with Gasteiger partial charge in [0.2, 0.25) is 0 Å². The molecule has 4 rings (SSSR count). The number of nitrogen functional groups attached to an aromatic ring is 1. The predicted molar refractivity (Wildman–Crippen MR) is 80.5 cm³/mol. The summed E-state index contributed by atoms with van der Waals surface area (Å²) < 4.78 is 0. The lowest BCUT2D eigenvalue weighted by molar-refractivity contribution is -0.129. The molecule has 106 valence electrons. The SMILES string of the molecule is C[C@]12CCC3c4cccc(N)c4CCC3C1CCC2=O. The van der Waals surface area contributed by atoms with Gasteiger partial charge < -0.3 is 5.73 Å². The minimum atomic E-state index is -0.0149. The molecule has 20 heavy (non-hydrogen) atoms. The Morgan fingerprint density at radius 1 is 1.20 bits per heavy atom. The number of Topliss-reactive ketones (excluding diaryl/α,β-unsaturated/α-hetero) is 1. The van der Waals surface area contributed by atoms with E-state index in [1.807, 2.05) is 6.07 Å². The van der Waals surface area contributed by atoms with Crippen LogP contribution in [0.4, 0.5) is 5.69 Å². The topological polar surface area (TPSA) is 43.1 Å². The van der Waals surface area contributed by atoms with Gasteiger partial charge in [-0.05, 0) is 67.1 Å². The van der Waals surface area contributed by atoms with Crippen LogP contribution in [0.2, 0.25) is 0 Å². The van der Waals surface area contributed by atoms with Gasteiger partial charge in [-0.2, -0.15) is 0 Å². The molecule has 3 unspecified atom stereocenters. The highest BCUT2D eigenvalue weighted by atomic mass is 16.1. The van der Waals surface area contributed by atoms with E-state index < -0.39 is 0 Å². The molecular formula is C18H23NO. The van der Waals surface area contributed by atoms with Crippen LogP contribution in [0.25, 0.3) is 0 Å². The quantitative estimate of drug-likeness (QED) is 0.730. The van der Waals surface area contributed by atoms with Crippen LogP contribution in [-0.2, 0) is 11.2 Å². The molecule has 0 bridgehead atoms. The van der Waals surface area contributed by atoms with Gasteiger partial charge >= 0.3 is 0 Å². The number of rotatable bonds is 0. The van der Waals surface area contributed by atoms with E-state index in [1.54, 1.807) is 0 Å². The summed E-state index contributed by atoms with van der Waals surface area (Å²) in [5.41, 5.74) is 10.00. The van der Waals surface area contributed by atoms with Crippen molar-refractivity contribution in [1.82, 2.24) is 0 Å². The average Bonchev–Trinajstić information content (AvgIpc) is 2.75. The van der Waals surface area contributed by atoms with Crippen molar-refractivity contribution < 1.29 is 4.79 Å². The van der Waals surface area contributed by atoms with Crippen LogP contribution in [0.1, 0.15) is 56.1 Å². The van der Waals surface area contributed by atoms with Crippen molar-refractivity contribution in [2.45, 2.75) is 51.4 Å². The van der Waals surface area contributed by atoms with Crippen LogP contribution in [0.5, 0.6) is 0 Å². The van der Waals surface area contributed by atoms with E-state index in [1.165, 1.54) is 24.0 Å². The van der Waals surface area contributed by atoms with E-state index >= 15 is 0 Å². The molecule has 0 heterocycles. The molecule has 2 saturated carbocycles. The lowest BCUT2D eigenvalue weighted by atomic mass is 9.55. The Hall–Kier alpha value is -1.31. The van der Waals surface area contributed by atoms with Gasteiger partial charge in [0, 0.05) is 17.5 Å². The molecule has 2 fully saturated rings. The molecular weight excluding hydrogens is 246 g/mol. The van der Waals surface area contributed by atoms with Gasteiger partial charge in [-0.15, -0.1) is 0 Å². The molecule has 1 aromatic rings. The summed E-state index contributed by atoms with van der Waals surface area (Å²) in [5, 5.41) is 0. The van der Waals surface area contributed by atoms with Gasteiger partial charge in [0.15, 0.2) is 0 Å². The molecule has 0 aromatic heterocycles. The molecule has 0 aliphatic heterocycles. The standard InChI is InChI=1S/C18H23NO/c1-18-10-9-12-11-3-2-4-16(19)14(11)6-5-13(12)15(18)7-8-17(18)20/h2-4,12-13,15H,5-10,19H2,1H3/t12?,13?,15?,18-/m0/s1. The van der Waals surface area contributed by atoms with Crippen LogP contribution in [0.3, 0.4) is 0 Å². The normalized spacial score (nSPS) is 39.0. The first kappa shape index (κ1) is 12.4. The number of hydrogen-bond acceptors (Lipinski definition) is 2. The molecule has 3 aliphatic rings. The Morgan fingerprint density at radius 2 is 2.05 bits per heavy atom. The second-order valence-corrected chi connectivity index (χ2v) is 7.25. The fraction of sp³-hybridized carbons (Fsp3) is 0.611. The van der Waals surface area contributed by atoms with Crippen molar-refractivity contribution in [2.24, 2.45) is 17.3 Å². The van der Waals surface area contributed by atoms with Crippen molar-refractivity contribution in [3.63, 3.8) is 0 Å². The molecule has 4 atom stereocenters. The van der Waals surface area contributed by atoms with E-state index in [-0.39, 0.29) is 5.41 Å². The fourth-order valence-electron chi connectivity index (χ4n) is 5.42. The lowest BCUT2D eigenvalue weighted by Crippen LogP contribution is -2.42. The first-order valence-electron chi connectivity index (χ1n) is 8.02. The highest BCUT2D eigenvalue weighted by Gasteiger charge is 2.54. The third-order valence-electron chi connectivity index (χ3n) is 6.52. The number of benzene rings is 1. The Kier molecular flexibility index (Phi) is 2.55. The highest BCUT2D eigenvalue weighted by molar-refractivity contribution is 5.87. The zero-order valence-corrected chi connectivity index (χ0v) is 12.2. The van der Waals surface area contributed by atoms with Gasteiger partial charge in [0.05, 0.1) is 0 Å². The summed E-state index contributed by atoms with van der Waals surface area (Å²) in [4.78, 5) is 12.3. The summed E-state index contributed by atoms with van der Waals surface area (Å²) in [7, 11) is 0. The number of nitrogens with two attached hydrogens (primary N) is 1. The van der Waals surface area contributed by atoms with Crippen LogP contribution in [0, 0.1) is 17.3 Å². The molecule has 1 aromatic carbocycles. The molecule has 3 aliphatic carbocycles. The van der Waals surface area contributed by atoms with Gasteiger partial charge in [0.25, 0.3) is 0 Å². The second-order valence-electron chi connectivity index (χ2n) is 7.25. The van der Waals surface area contributed by atoms with E-state index in [4.69, 9.17) is 5.73 Å². The van der Waals surface area contributed by atoms with Gasteiger partial charge in [-0.1, -0.05) is 19.1 Å². The largest absolute Gasteiger partial charge is 0.398 e. The van der Waals surface area contributed by atoms with Crippen molar-refractivity contribution in [3.8, 4) is 0 Å². The number of carbonyl (C=O) groups is 1. The van der Waals surface area contributed by atoms with Crippen LogP contribution < -0.4 is 5.73 Å². The fourth-order valence-corrected chi connectivity index (χ4v) is 5.42. The highest BCUT2D eigenvalue weighted by Crippen LogP contribution is 2.59. The minimum absolute atomic E-state index is 0.0149. The Bertz CT molecular complexity index is 579. The van der Waals surface area contributed by atoms with Crippen molar-refractivity contribution in [3.05, 3.63) is 29.3 Å². The van der Waals surface area contributed by atoms with Crippen molar-refractivity contribution in [1.29, 1.82) is 0 Å². The van der Waals surface area contributed by atoms with E-state index in [2.05, 4.69) is 19.1 Å². The summed E-state index contributed by atoms with van der Waals surface area (Å²) in [5.74, 6) is 2.49. The Balaban J connectivity index is 1.75. The van der Waals surface area contributed by atoms with E-state index in [0.29, 0.717) is 23.5 Å². The second kappa shape index (κ2) is 4.09. The van der Waals surface area contributed by atoms with Crippen LogP contribution in [0.15, 0.2) is 18.2 Å². The van der Waals surface area contributed by atoms with Crippen LogP contribution in [-0.4, -0.2) is 5.78 Å². The average molecular weight is 269 g/mol. The third-order valence-corrected chi connectivity index (χ3v) is 6.52. The summed E-state index contributed by atoms with van der Waals surface area (Å²) in [6.07, 6.45) is 6.50. The maximum atomic E-state index is 12.3. The number of ketones is 1. The number of fused-ring (bicyclic) bond motifs is 5. The molecule has 2 nitrogen and oxygen atoms in total. The Labute approximate surface area is 120 Å². The first-order valence-corrected chi connectivity index (χ1v) is 8.02. The smallest absolute Gasteiger partial charge is 0.139 e. The number of carbonyl (C=O) groups excluding carboxylic acids is 1. The van der Waals surface area contributed by atoms with Gasteiger partial charge in [-0.25, -0.2) is 0 Å². The number of anilines is 1. The zero-order chi connectivity index (χ0) is 13.9. The van der Waals surface area contributed by atoms with Crippen molar-refractivity contribution in [2.75, 3.05) is 5.73 Å². The summed E-state index contributed by atoms with van der Waals surface area (Å²) >= 11 is 0. The van der Waals surface area contributed by atoms with Crippen LogP contribution >= 0.6 is 0 Å². The first-order chi connectivity index (χ1) is 9.61. The molecule has 2 heteroatoms. The molecule has 0 radical (unpaired) electrons. The zero-order valence-electron chi connectivity index (χ0n) is 12.2. The minimum Gasteiger partial charge on any atom is -0.398 e. The maximum absolute atomic E-state index is 12.3. The van der Waals surface area contributed by atoms with Crippen molar-refractivity contribution >= 4 is 11.5 Å². The Morgan fingerprint density at radius 3 is 2.90 bits per heavy atom. The molecule has 0 spiro atoms. The number of hydrogen-bond donors (Lipinski definition) is 1. The predicted octanol–water partition coefficient (Wildman–Crippen LogP) is 3.69. The van der Waals surface area contributed by atoms with Gasteiger partial charge in [0.1, 0.15) is 5.78 Å². The maximum Gasteiger partial charge on any atom is 0.139 e. The summed E-state index contributed by atoms with van der Waals surface area (Å²) in [6.45, 7) is 2.23. The molecule has 0 amide bonds.